The molecule has 1 aliphatic heterocycles. The summed E-state index contributed by atoms with van der Waals surface area (Å²) in [5.74, 6) is 0. The number of aromatic nitrogens is 1. The summed E-state index contributed by atoms with van der Waals surface area (Å²) in [5, 5.41) is 0.875. The van der Waals surface area contributed by atoms with Crippen LogP contribution in [0.15, 0.2) is 10.4 Å². The molecule has 1 aromatic heterocycles. The molecule has 1 aromatic rings. The molecule has 7 heteroatoms. The molecule has 0 N–H and O–H groups in total. The number of nitrogens with zero attached hydrogens (tertiary/aromatic N) is 2. The Morgan fingerprint density at radius 3 is 2.62 bits per heavy atom. The third-order valence-corrected chi connectivity index (χ3v) is 6.26. The zero-order valence-corrected chi connectivity index (χ0v) is 11.3. The number of rotatable bonds is 2. The van der Waals surface area contributed by atoms with E-state index in [1.807, 2.05) is 0 Å². The molecule has 0 atom stereocenters. The minimum atomic E-state index is -3.33. The largest absolute Gasteiger partial charge is 0.254 e. The second-order valence-electron chi connectivity index (χ2n) is 3.78. The van der Waals surface area contributed by atoms with Crippen LogP contribution in [0.3, 0.4) is 0 Å². The van der Waals surface area contributed by atoms with Gasteiger partial charge in [-0.25, -0.2) is 13.4 Å². The van der Waals surface area contributed by atoms with E-state index in [4.69, 9.17) is 11.6 Å². The van der Waals surface area contributed by atoms with Gasteiger partial charge in [0.25, 0.3) is 10.0 Å². The number of sulfonamides is 1. The number of halogens is 1. The van der Waals surface area contributed by atoms with Crippen molar-refractivity contribution >= 4 is 33.0 Å². The van der Waals surface area contributed by atoms with E-state index in [0.717, 1.165) is 17.8 Å². The topological polar surface area (TPSA) is 50.3 Å². The lowest BCUT2D eigenvalue weighted by Gasteiger charge is -2.27. The van der Waals surface area contributed by atoms with E-state index in [9.17, 15) is 8.42 Å². The molecule has 2 heterocycles. The normalized spacial score (nSPS) is 20.1. The van der Waals surface area contributed by atoms with Gasteiger partial charge in [-0.1, -0.05) is 0 Å². The van der Waals surface area contributed by atoms with Crippen LogP contribution in [-0.2, 0) is 10.0 Å². The first-order chi connectivity index (χ1) is 7.50. The standard InChI is InChI=1S/C9H13ClN2O2S2/c1-7-11-6-9(15-7)16(13,14)12-4-2-8(10)3-5-12/h6,8H,2-5H2,1H3. The Labute approximate surface area is 104 Å². The van der Waals surface area contributed by atoms with Crippen molar-refractivity contribution < 1.29 is 8.42 Å². The van der Waals surface area contributed by atoms with Crippen LogP contribution in [0, 0.1) is 6.92 Å². The number of piperidine rings is 1. The minimum absolute atomic E-state index is 0.106. The van der Waals surface area contributed by atoms with Crippen LogP contribution in [0.25, 0.3) is 0 Å². The zero-order chi connectivity index (χ0) is 11.8. The van der Waals surface area contributed by atoms with E-state index < -0.39 is 10.0 Å². The van der Waals surface area contributed by atoms with Gasteiger partial charge in [0.15, 0.2) is 4.21 Å². The molecule has 90 valence electrons. The van der Waals surface area contributed by atoms with Crippen molar-refractivity contribution in [3.05, 3.63) is 11.2 Å². The van der Waals surface area contributed by atoms with Gasteiger partial charge in [-0.15, -0.1) is 22.9 Å². The number of thiazole rings is 1. The summed E-state index contributed by atoms with van der Waals surface area (Å²) in [4.78, 5) is 3.98. The molecule has 4 nitrogen and oxygen atoms in total. The smallest absolute Gasteiger partial charge is 0.249 e. The molecule has 2 rings (SSSR count). The van der Waals surface area contributed by atoms with Gasteiger partial charge in [0.2, 0.25) is 0 Å². The highest BCUT2D eigenvalue weighted by atomic mass is 35.5. The summed E-state index contributed by atoms with van der Waals surface area (Å²) in [6.07, 6.45) is 2.87. The average Bonchev–Trinajstić information content (AvgIpc) is 2.66. The Bertz CT molecular complexity index is 464. The van der Waals surface area contributed by atoms with E-state index in [2.05, 4.69) is 4.98 Å². The fourth-order valence-corrected chi connectivity index (χ4v) is 4.58. The first-order valence-electron chi connectivity index (χ1n) is 5.07. The predicted octanol–water partition coefficient (Wildman–Crippen LogP) is 1.84. The van der Waals surface area contributed by atoms with Crippen molar-refractivity contribution in [2.24, 2.45) is 0 Å². The summed E-state index contributed by atoms with van der Waals surface area (Å²) in [7, 11) is -3.33. The Kier molecular flexibility index (Phi) is 3.53. The van der Waals surface area contributed by atoms with Gasteiger partial charge in [-0.2, -0.15) is 4.31 Å². The predicted molar refractivity (Wildman–Crippen MR) is 64.5 cm³/mol. The molecule has 0 amide bonds. The van der Waals surface area contributed by atoms with Crippen molar-refractivity contribution in [3.8, 4) is 0 Å². The van der Waals surface area contributed by atoms with Crippen LogP contribution in [0.1, 0.15) is 17.8 Å². The second-order valence-corrected chi connectivity index (χ2v) is 7.79. The molecule has 0 aliphatic carbocycles. The molecule has 0 bridgehead atoms. The van der Waals surface area contributed by atoms with E-state index in [0.29, 0.717) is 17.3 Å². The SMILES string of the molecule is Cc1ncc(S(=O)(=O)N2CCC(Cl)CC2)s1. The highest BCUT2D eigenvalue weighted by molar-refractivity contribution is 7.91. The maximum Gasteiger partial charge on any atom is 0.254 e. The molecule has 0 radical (unpaired) electrons. The molecule has 1 fully saturated rings. The summed E-state index contributed by atoms with van der Waals surface area (Å²) in [5.41, 5.74) is 0. The van der Waals surface area contributed by atoms with E-state index in [-0.39, 0.29) is 5.38 Å². The van der Waals surface area contributed by atoms with Crippen LogP contribution >= 0.6 is 22.9 Å². The summed E-state index contributed by atoms with van der Waals surface area (Å²) >= 11 is 7.17. The number of aryl methyl sites for hydroxylation is 1. The maximum absolute atomic E-state index is 12.2. The average molecular weight is 281 g/mol. The van der Waals surface area contributed by atoms with Gasteiger partial charge >= 0.3 is 0 Å². The molecule has 1 saturated heterocycles. The Balaban J connectivity index is 2.20. The lowest BCUT2D eigenvalue weighted by atomic mass is 10.2. The quantitative estimate of drug-likeness (QED) is 0.777. The van der Waals surface area contributed by atoms with E-state index in [1.54, 1.807) is 6.92 Å². The van der Waals surface area contributed by atoms with Crippen LogP contribution in [0.2, 0.25) is 0 Å². The minimum Gasteiger partial charge on any atom is -0.249 e. The van der Waals surface area contributed by atoms with E-state index >= 15 is 0 Å². The number of alkyl halides is 1. The molecular formula is C9H13ClN2O2S2. The third kappa shape index (κ3) is 2.40. The molecule has 0 saturated carbocycles. The molecular weight excluding hydrogens is 268 g/mol. The highest BCUT2D eigenvalue weighted by Gasteiger charge is 2.29. The lowest BCUT2D eigenvalue weighted by molar-refractivity contribution is 0.351. The first-order valence-corrected chi connectivity index (χ1v) is 7.76. The summed E-state index contributed by atoms with van der Waals surface area (Å²) < 4.78 is 26.2. The molecule has 0 unspecified atom stereocenters. The fourth-order valence-electron chi connectivity index (χ4n) is 1.65. The van der Waals surface area contributed by atoms with Gasteiger partial charge in [-0.05, 0) is 19.8 Å². The summed E-state index contributed by atoms with van der Waals surface area (Å²) in [6, 6.07) is 0. The molecule has 0 spiro atoms. The van der Waals surface area contributed by atoms with Crippen molar-refractivity contribution in [1.82, 2.24) is 9.29 Å². The fraction of sp³-hybridized carbons (Fsp3) is 0.667. The Morgan fingerprint density at radius 2 is 2.12 bits per heavy atom. The number of hydrogen-bond acceptors (Lipinski definition) is 4. The van der Waals surface area contributed by atoms with Crippen molar-refractivity contribution in [2.45, 2.75) is 29.4 Å². The van der Waals surface area contributed by atoms with Gasteiger partial charge in [0, 0.05) is 18.5 Å². The van der Waals surface area contributed by atoms with Gasteiger partial charge in [0.05, 0.1) is 11.2 Å². The van der Waals surface area contributed by atoms with Gasteiger partial charge in [-0.3, -0.25) is 0 Å². The summed E-state index contributed by atoms with van der Waals surface area (Å²) in [6.45, 7) is 2.82. The third-order valence-electron chi connectivity index (χ3n) is 2.58. The van der Waals surface area contributed by atoms with Crippen molar-refractivity contribution in [1.29, 1.82) is 0 Å². The van der Waals surface area contributed by atoms with Crippen LogP contribution in [0.5, 0.6) is 0 Å². The van der Waals surface area contributed by atoms with Crippen LogP contribution < -0.4 is 0 Å². The van der Waals surface area contributed by atoms with E-state index in [1.165, 1.54) is 21.8 Å². The lowest BCUT2D eigenvalue weighted by Crippen LogP contribution is -2.38. The molecule has 0 aromatic carbocycles. The second kappa shape index (κ2) is 4.60. The number of hydrogen-bond donors (Lipinski definition) is 0. The first kappa shape index (κ1) is 12.3. The van der Waals surface area contributed by atoms with Crippen LogP contribution in [0.4, 0.5) is 0 Å². The Hall–Kier alpha value is -0.170. The molecule has 1 aliphatic rings. The Morgan fingerprint density at radius 1 is 1.50 bits per heavy atom. The van der Waals surface area contributed by atoms with Crippen molar-refractivity contribution in [2.75, 3.05) is 13.1 Å². The van der Waals surface area contributed by atoms with Crippen LogP contribution in [-0.4, -0.2) is 36.2 Å². The van der Waals surface area contributed by atoms with Crippen molar-refractivity contribution in [3.63, 3.8) is 0 Å². The molecule has 16 heavy (non-hydrogen) atoms. The van der Waals surface area contributed by atoms with Gasteiger partial charge in [0.1, 0.15) is 0 Å². The monoisotopic (exact) mass is 280 g/mol. The van der Waals surface area contributed by atoms with Gasteiger partial charge < -0.3 is 0 Å². The highest BCUT2D eigenvalue weighted by Crippen LogP contribution is 2.26. The zero-order valence-electron chi connectivity index (χ0n) is 8.89. The maximum atomic E-state index is 12.2.